The molecular weight excluding hydrogens is 274 g/mol. The normalized spacial score (nSPS) is 31.3. The van der Waals surface area contributed by atoms with E-state index >= 15 is 0 Å². The van der Waals surface area contributed by atoms with Gasteiger partial charge in [-0.05, 0) is 44.8 Å². The van der Waals surface area contributed by atoms with E-state index in [0.29, 0.717) is 0 Å². The van der Waals surface area contributed by atoms with Gasteiger partial charge < -0.3 is 5.32 Å². The minimum atomic E-state index is 0.820. The van der Waals surface area contributed by atoms with E-state index in [-0.39, 0.29) is 0 Å². The Bertz CT molecular complexity index is 236. The monoisotopic (exact) mass is 311 g/mol. The summed E-state index contributed by atoms with van der Waals surface area (Å²) in [6, 6.07) is 1.64. The van der Waals surface area contributed by atoms with Gasteiger partial charge in [-0.1, -0.05) is 57.8 Å². The van der Waals surface area contributed by atoms with Gasteiger partial charge in [0.15, 0.2) is 0 Å². The highest BCUT2D eigenvalue weighted by atomic mass is 32.2. The van der Waals surface area contributed by atoms with E-state index < -0.39 is 0 Å². The van der Waals surface area contributed by atoms with E-state index in [1.54, 1.807) is 0 Å². The number of thioether (sulfide) groups is 1. The molecule has 1 N–H and O–H groups in total. The Morgan fingerprint density at radius 2 is 1.00 bits per heavy atom. The standard InChI is InChI=1S/C19H37NS/c1-21-19-15-13-18(14-16-19)20-17-11-9-7-5-3-2-4-6-8-10-12-17/h17-20H,2-16H2,1H3. The molecule has 2 aliphatic rings. The van der Waals surface area contributed by atoms with Gasteiger partial charge in [0.25, 0.3) is 0 Å². The Balaban J connectivity index is 1.70. The van der Waals surface area contributed by atoms with Crippen LogP contribution in [-0.2, 0) is 0 Å². The maximum atomic E-state index is 4.05. The molecule has 1 nitrogen and oxygen atoms in total. The Hall–Kier alpha value is 0.310. The highest BCUT2D eigenvalue weighted by molar-refractivity contribution is 7.99. The van der Waals surface area contributed by atoms with Crippen LogP contribution in [0, 0.1) is 0 Å². The summed E-state index contributed by atoms with van der Waals surface area (Å²) in [5.41, 5.74) is 0. The average molecular weight is 312 g/mol. The summed E-state index contributed by atoms with van der Waals surface area (Å²) in [4.78, 5) is 0. The number of nitrogens with one attached hydrogen (secondary N) is 1. The van der Waals surface area contributed by atoms with E-state index in [1.165, 1.54) is 96.3 Å². The van der Waals surface area contributed by atoms with Crippen LogP contribution >= 0.6 is 11.8 Å². The minimum absolute atomic E-state index is 0.820. The molecule has 0 aliphatic heterocycles. The second kappa shape index (κ2) is 10.9. The minimum Gasteiger partial charge on any atom is -0.311 e. The van der Waals surface area contributed by atoms with Gasteiger partial charge in [0.2, 0.25) is 0 Å². The van der Waals surface area contributed by atoms with Crippen molar-refractivity contribution < 1.29 is 0 Å². The number of hydrogen-bond donors (Lipinski definition) is 1. The molecule has 0 aromatic heterocycles. The second-order valence-electron chi connectivity index (χ2n) is 7.33. The number of hydrogen-bond acceptors (Lipinski definition) is 2. The fourth-order valence-electron chi connectivity index (χ4n) is 4.13. The van der Waals surface area contributed by atoms with Gasteiger partial charge >= 0.3 is 0 Å². The smallest absolute Gasteiger partial charge is 0.00704 e. The summed E-state index contributed by atoms with van der Waals surface area (Å²) in [6.07, 6.45) is 24.1. The predicted octanol–water partition coefficient (Wildman–Crippen LogP) is 5.92. The van der Waals surface area contributed by atoms with Crippen LogP contribution in [0.25, 0.3) is 0 Å². The van der Waals surface area contributed by atoms with Crippen LogP contribution in [0.15, 0.2) is 0 Å². The zero-order valence-electron chi connectivity index (χ0n) is 14.2. The van der Waals surface area contributed by atoms with Gasteiger partial charge in [0.05, 0.1) is 0 Å². The first kappa shape index (κ1) is 17.7. The maximum absolute atomic E-state index is 4.05. The van der Waals surface area contributed by atoms with Crippen molar-refractivity contribution in [2.24, 2.45) is 0 Å². The molecule has 124 valence electrons. The molecule has 0 unspecified atom stereocenters. The predicted molar refractivity (Wildman–Crippen MR) is 97.3 cm³/mol. The lowest BCUT2D eigenvalue weighted by Crippen LogP contribution is -2.41. The van der Waals surface area contributed by atoms with E-state index in [1.807, 2.05) is 0 Å². The molecule has 0 aromatic rings. The SMILES string of the molecule is CSC1CCC(NC2CCCCCCCCCCC2)CC1. The van der Waals surface area contributed by atoms with Crippen LogP contribution in [0.5, 0.6) is 0 Å². The quantitative estimate of drug-likeness (QED) is 0.694. The first-order valence-corrected chi connectivity index (χ1v) is 11.0. The van der Waals surface area contributed by atoms with Crippen LogP contribution < -0.4 is 5.32 Å². The van der Waals surface area contributed by atoms with Gasteiger partial charge in [-0.25, -0.2) is 0 Å². The molecule has 0 radical (unpaired) electrons. The summed E-state index contributed by atoms with van der Waals surface area (Å²) in [7, 11) is 0. The third-order valence-corrected chi connectivity index (χ3v) is 6.72. The van der Waals surface area contributed by atoms with Crippen molar-refractivity contribution in [3.63, 3.8) is 0 Å². The molecule has 0 spiro atoms. The molecule has 2 saturated carbocycles. The van der Waals surface area contributed by atoms with Gasteiger partial charge in [0, 0.05) is 17.3 Å². The summed E-state index contributed by atoms with van der Waals surface area (Å²) in [6.45, 7) is 0. The van der Waals surface area contributed by atoms with Crippen LogP contribution in [-0.4, -0.2) is 23.6 Å². The Morgan fingerprint density at radius 1 is 0.571 bits per heavy atom. The van der Waals surface area contributed by atoms with Crippen LogP contribution in [0.4, 0.5) is 0 Å². The molecule has 0 saturated heterocycles. The summed E-state index contributed by atoms with van der Waals surface area (Å²) in [5, 5.41) is 4.99. The third kappa shape index (κ3) is 7.41. The van der Waals surface area contributed by atoms with E-state index in [9.17, 15) is 0 Å². The Morgan fingerprint density at radius 3 is 1.48 bits per heavy atom. The summed E-state index contributed by atoms with van der Waals surface area (Å²) in [5.74, 6) is 0. The molecule has 2 rings (SSSR count). The van der Waals surface area contributed by atoms with Crippen molar-refractivity contribution in [1.29, 1.82) is 0 Å². The molecule has 0 atom stereocenters. The van der Waals surface area contributed by atoms with E-state index in [0.717, 1.165) is 17.3 Å². The molecule has 2 heteroatoms. The van der Waals surface area contributed by atoms with E-state index in [4.69, 9.17) is 0 Å². The van der Waals surface area contributed by atoms with Gasteiger partial charge in [-0.3, -0.25) is 0 Å². The maximum Gasteiger partial charge on any atom is 0.00704 e. The van der Waals surface area contributed by atoms with Crippen molar-refractivity contribution in [1.82, 2.24) is 5.32 Å². The molecule has 21 heavy (non-hydrogen) atoms. The van der Waals surface area contributed by atoms with Crippen molar-refractivity contribution >= 4 is 11.8 Å². The fraction of sp³-hybridized carbons (Fsp3) is 1.00. The van der Waals surface area contributed by atoms with Crippen LogP contribution in [0.2, 0.25) is 0 Å². The molecule has 0 heterocycles. The van der Waals surface area contributed by atoms with Gasteiger partial charge in [-0.15, -0.1) is 0 Å². The van der Waals surface area contributed by atoms with E-state index in [2.05, 4.69) is 23.3 Å². The molecular formula is C19H37NS. The van der Waals surface area contributed by atoms with Gasteiger partial charge in [-0.2, -0.15) is 11.8 Å². The molecule has 2 fully saturated rings. The average Bonchev–Trinajstić information content (AvgIpc) is 2.51. The number of rotatable bonds is 3. The zero-order valence-corrected chi connectivity index (χ0v) is 15.1. The van der Waals surface area contributed by atoms with Crippen LogP contribution in [0.1, 0.15) is 96.3 Å². The molecule has 0 amide bonds. The lowest BCUT2D eigenvalue weighted by atomic mass is 9.92. The second-order valence-corrected chi connectivity index (χ2v) is 8.47. The Labute approximate surface area is 137 Å². The van der Waals surface area contributed by atoms with Crippen molar-refractivity contribution in [2.45, 2.75) is 114 Å². The first-order valence-electron chi connectivity index (χ1n) is 9.67. The molecule has 2 aliphatic carbocycles. The van der Waals surface area contributed by atoms with Crippen molar-refractivity contribution in [3.05, 3.63) is 0 Å². The highest BCUT2D eigenvalue weighted by Gasteiger charge is 2.22. The first-order chi connectivity index (χ1) is 10.4. The fourth-order valence-corrected chi connectivity index (χ4v) is 4.87. The Kier molecular flexibility index (Phi) is 9.20. The topological polar surface area (TPSA) is 12.0 Å². The molecule has 0 bridgehead atoms. The summed E-state index contributed by atoms with van der Waals surface area (Å²) < 4.78 is 0. The third-order valence-electron chi connectivity index (χ3n) is 5.58. The van der Waals surface area contributed by atoms with Gasteiger partial charge in [0.1, 0.15) is 0 Å². The zero-order chi connectivity index (χ0) is 14.8. The molecule has 0 aromatic carbocycles. The largest absolute Gasteiger partial charge is 0.311 e. The van der Waals surface area contributed by atoms with Crippen molar-refractivity contribution in [3.8, 4) is 0 Å². The highest BCUT2D eigenvalue weighted by Crippen LogP contribution is 2.28. The lowest BCUT2D eigenvalue weighted by molar-refractivity contribution is 0.310. The van der Waals surface area contributed by atoms with Crippen molar-refractivity contribution in [2.75, 3.05) is 6.26 Å². The lowest BCUT2D eigenvalue weighted by Gasteiger charge is -2.32. The summed E-state index contributed by atoms with van der Waals surface area (Å²) >= 11 is 2.08. The van der Waals surface area contributed by atoms with Crippen LogP contribution in [0.3, 0.4) is 0 Å².